The number of halogens is 1. The van der Waals surface area contributed by atoms with Crippen LogP contribution in [0.25, 0.3) is 0 Å². The van der Waals surface area contributed by atoms with Gasteiger partial charge in [0.25, 0.3) is 0 Å². The molecule has 0 unspecified atom stereocenters. The summed E-state index contributed by atoms with van der Waals surface area (Å²) in [6.45, 7) is 3.31. The van der Waals surface area contributed by atoms with Crippen LogP contribution in [0.4, 0.5) is 0 Å². The summed E-state index contributed by atoms with van der Waals surface area (Å²) in [5, 5.41) is 9.18. The van der Waals surface area contributed by atoms with Gasteiger partial charge in [-0.25, -0.2) is 0 Å². The largest absolute Gasteiger partial charge is 0.508 e. The van der Waals surface area contributed by atoms with Crippen molar-refractivity contribution in [3.8, 4) is 5.75 Å². The van der Waals surface area contributed by atoms with Gasteiger partial charge in [-0.1, -0.05) is 15.9 Å². The molecule has 0 aromatic heterocycles. The van der Waals surface area contributed by atoms with E-state index < -0.39 is 0 Å². The second-order valence-electron chi connectivity index (χ2n) is 2.66. The molecule has 0 aliphatic rings. The van der Waals surface area contributed by atoms with Gasteiger partial charge in [-0.3, -0.25) is 4.79 Å². The number of carbonyl (C=O) groups excluding carboxylic acids is 1. The summed E-state index contributed by atoms with van der Waals surface area (Å²) < 4.78 is 0.757. The Morgan fingerprint density at radius 2 is 2.08 bits per heavy atom. The molecule has 2 nitrogen and oxygen atoms in total. The zero-order chi connectivity index (χ0) is 9.30. The van der Waals surface area contributed by atoms with E-state index in [1.807, 2.05) is 6.92 Å². The van der Waals surface area contributed by atoms with Gasteiger partial charge in [0.2, 0.25) is 0 Å². The lowest BCUT2D eigenvalue weighted by atomic mass is 10.1. The number of carbonyl (C=O) groups is 1. The van der Waals surface area contributed by atoms with Crippen LogP contribution in [0.1, 0.15) is 22.8 Å². The molecule has 0 aliphatic heterocycles. The number of ketones is 1. The number of rotatable bonds is 1. The van der Waals surface area contributed by atoms with Crippen molar-refractivity contribution in [2.24, 2.45) is 0 Å². The van der Waals surface area contributed by atoms with Crippen molar-refractivity contribution >= 4 is 21.7 Å². The first-order valence-corrected chi connectivity index (χ1v) is 4.31. The highest BCUT2D eigenvalue weighted by Gasteiger charge is 2.08. The van der Waals surface area contributed by atoms with Crippen molar-refractivity contribution in [2.75, 3.05) is 0 Å². The minimum absolute atomic E-state index is 0.0379. The van der Waals surface area contributed by atoms with E-state index in [4.69, 9.17) is 0 Å². The van der Waals surface area contributed by atoms with Gasteiger partial charge in [0.1, 0.15) is 5.75 Å². The monoisotopic (exact) mass is 228 g/mol. The van der Waals surface area contributed by atoms with Crippen LogP contribution in [-0.4, -0.2) is 10.9 Å². The van der Waals surface area contributed by atoms with Gasteiger partial charge in [-0.05, 0) is 31.5 Å². The normalized spacial score (nSPS) is 9.92. The lowest BCUT2D eigenvalue weighted by molar-refractivity contribution is 0.101. The van der Waals surface area contributed by atoms with Gasteiger partial charge >= 0.3 is 0 Å². The van der Waals surface area contributed by atoms with Crippen LogP contribution < -0.4 is 0 Å². The molecule has 0 atom stereocenters. The zero-order valence-electron chi connectivity index (χ0n) is 6.89. The smallest absolute Gasteiger partial charge is 0.160 e. The third-order valence-electron chi connectivity index (χ3n) is 1.71. The minimum Gasteiger partial charge on any atom is -0.508 e. The van der Waals surface area contributed by atoms with Crippen molar-refractivity contribution in [3.05, 3.63) is 27.7 Å². The summed E-state index contributed by atoms with van der Waals surface area (Å²) in [6.07, 6.45) is 0. The zero-order valence-corrected chi connectivity index (χ0v) is 8.47. The lowest BCUT2D eigenvalue weighted by Crippen LogP contribution is -1.96. The maximum absolute atomic E-state index is 11.0. The Labute approximate surface area is 79.3 Å². The van der Waals surface area contributed by atoms with Crippen LogP contribution in [0.3, 0.4) is 0 Å². The van der Waals surface area contributed by atoms with Crippen molar-refractivity contribution in [2.45, 2.75) is 13.8 Å². The standard InChI is InChI=1S/C9H9BrO2/c1-5-8(6(2)11)3-7(12)4-9(5)10/h3-4,12H,1-2H3. The fourth-order valence-corrected chi connectivity index (χ4v) is 1.48. The predicted octanol–water partition coefficient (Wildman–Crippen LogP) is 2.67. The number of phenolic OH excluding ortho intramolecular Hbond substituents is 1. The van der Waals surface area contributed by atoms with Crippen molar-refractivity contribution in [1.29, 1.82) is 0 Å². The molecule has 0 saturated carbocycles. The Balaban J connectivity index is 3.37. The molecule has 0 amide bonds. The van der Waals surface area contributed by atoms with Crippen LogP contribution in [0.15, 0.2) is 16.6 Å². The first kappa shape index (κ1) is 9.26. The Hall–Kier alpha value is -0.830. The van der Waals surface area contributed by atoms with E-state index in [0.717, 1.165) is 10.0 Å². The molecule has 1 aromatic carbocycles. The average molecular weight is 229 g/mol. The Morgan fingerprint density at radius 3 is 2.58 bits per heavy atom. The molecule has 0 spiro atoms. The molecule has 64 valence electrons. The van der Waals surface area contributed by atoms with Crippen LogP contribution in [0, 0.1) is 6.92 Å². The molecule has 0 radical (unpaired) electrons. The number of hydrogen-bond acceptors (Lipinski definition) is 2. The Kier molecular flexibility index (Phi) is 2.52. The molecule has 12 heavy (non-hydrogen) atoms. The van der Waals surface area contributed by atoms with Gasteiger partial charge in [-0.15, -0.1) is 0 Å². The summed E-state index contributed by atoms with van der Waals surface area (Å²) in [4.78, 5) is 11.0. The van der Waals surface area contributed by atoms with E-state index in [9.17, 15) is 9.90 Å². The third kappa shape index (κ3) is 1.67. The van der Waals surface area contributed by atoms with Crippen LogP contribution in [-0.2, 0) is 0 Å². The molecule has 1 aromatic rings. The minimum atomic E-state index is -0.0379. The molecule has 3 heteroatoms. The molecule has 1 rings (SSSR count). The Morgan fingerprint density at radius 1 is 1.50 bits per heavy atom. The predicted molar refractivity (Wildman–Crippen MR) is 50.5 cm³/mol. The fourth-order valence-electron chi connectivity index (χ4n) is 1.03. The Bertz CT molecular complexity index is 332. The van der Waals surface area contributed by atoms with Gasteiger partial charge < -0.3 is 5.11 Å². The van der Waals surface area contributed by atoms with Gasteiger partial charge in [0.15, 0.2) is 5.78 Å². The molecule has 0 heterocycles. The molecular weight excluding hydrogens is 220 g/mol. The summed E-state index contributed by atoms with van der Waals surface area (Å²) in [5.74, 6) is 0.0711. The summed E-state index contributed by atoms with van der Waals surface area (Å²) in [5.41, 5.74) is 1.42. The highest BCUT2D eigenvalue weighted by molar-refractivity contribution is 9.10. The quantitative estimate of drug-likeness (QED) is 0.751. The molecule has 0 aliphatic carbocycles. The second-order valence-corrected chi connectivity index (χ2v) is 3.51. The molecule has 0 bridgehead atoms. The molecule has 0 fully saturated rings. The van der Waals surface area contributed by atoms with Crippen molar-refractivity contribution in [3.63, 3.8) is 0 Å². The van der Waals surface area contributed by atoms with E-state index in [2.05, 4.69) is 15.9 Å². The van der Waals surface area contributed by atoms with Crippen LogP contribution in [0.5, 0.6) is 5.75 Å². The van der Waals surface area contributed by atoms with Gasteiger partial charge in [0, 0.05) is 10.0 Å². The van der Waals surface area contributed by atoms with E-state index in [1.165, 1.54) is 13.0 Å². The number of aromatic hydroxyl groups is 1. The maximum Gasteiger partial charge on any atom is 0.160 e. The second kappa shape index (κ2) is 3.27. The summed E-state index contributed by atoms with van der Waals surface area (Å²) in [7, 11) is 0. The van der Waals surface area contributed by atoms with Crippen molar-refractivity contribution < 1.29 is 9.90 Å². The molecular formula is C9H9BrO2. The van der Waals surface area contributed by atoms with Crippen LogP contribution in [0.2, 0.25) is 0 Å². The van der Waals surface area contributed by atoms with Gasteiger partial charge in [-0.2, -0.15) is 0 Å². The van der Waals surface area contributed by atoms with E-state index >= 15 is 0 Å². The number of phenols is 1. The maximum atomic E-state index is 11.0. The number of hydrogen-bond donors (Lipinski definition) is 1. The first-order valence-electron chi connectivity index (χ1n) is 3.52. The van der Waals surface area contributed by atoms with E-state index in [1.54, 1.807) is 6.07 Å². The highest BCUT2D eigenvalue weighted by Crippen LogP contribution is 2.25. The third-order valence-corrected chi connectivity index (χ3v) is 2.53. The van der Waals surface area contributed by atoms with E-state index in [-0.39, 0.29) is 11.5 Å². The fraction of sp³-hybridized carbons (Fsp3) is 0.222. The number of Topliss-reactive ketones (excluding diaryl/α,β-unsaturated/α-hetero) is 1. The van der Waals surface area contributed by atoms with Gasteiger partial charge in [0.05, 0.1) is 0 Å². The topological polar surface area (TPSA) is 37.3 Å². The SMILES string of the molecule is CC(=O)c1cc(O)cc(Br)c1C. The molecule has 0 saturated heterocycles. The average Bonchev–Trinajstić information content (AvgIpc) is 1.96. The van der Waals surface area contributed by atoms with Crippen LogP contribution >= 0.6 is 15.9 Å². The first-order chi connectivity index (χ1) is 5.52. The molecule has 1 N–H and O–H groups in total. The van der Waals surface area contributed by atoms with Crippen molar-refractivity contribution in [1.82, 2.24) is 0 Å². The lowest BCUT2D eigenvalue weighted by Gasteiger charge is -2.04. The summed E-state index contributed by atoms with van der Waals surface area (Å²) >= 11 is 3.25. The summed E-state index contributed by atoms with van der Waals surface area (Å²) in [6, 6.07) is 3.05. The highest BCUT2D eigenvalue weighted by atomic mass is 79.9. The number of benzene rings is 1. The van der Waals surface area contributed by atoms with E-state index in [0.29, 0.717) is 5.56 Å².